The molecule has 0 aliphatic carbocycles. The maximum absolute atomic E-state index is 11.0. The van der Waals surface area contributed by atoms with E-state index in [1.165, 1.54) is 23.1 Å². The van der Waals surface area contributed by atoms with E-state index in [0.717, 1.165) is 4.34 Å². The topological polar surface area (TPSA) is 54.9 Å². The van der Waals surface area contributed by atoms with Gasteiger partial charge in [-0.3, -0.25) is 4.79 Å². The van der Waals surface area contributed by atoms with Crippen LogP contribution in [0.15, 0.2) is 4.34 Å². The van der Waals surface area contributed by atoms with Crippen LogP contribution in [0.2, 0.25) is 0 Å². The zero-order chi connectivity index (χ0) is 10.4. The van der Waals surface area contributed by atoms with Crippen molar-refractivity contribution >= 4 is 34.1 Å². The molecule has 1 amide bonds. The lowest BCUT2D eigenvalue weighted by molar-refractivity contribution is -0.115. The fourth-order valence-corrected chi connectivity index (χ4v) is 2.08. The molecule has 14 heavy (non-hydrogen) atoms. The Morgan fingerprint density at radius 3 is 3.14 bits per heavy atom. The Balaban J connectivity index is 2.51. The van der Waals surface area contributed by atoms with Crippen LogP contribution >= 0.6 is 23.1 Å². The van der Waals surface area contributed by atoms with Crippen molar-refractivity contribution in [3.63, 3.8) is 0 Å². The molecule has 1 aromatic rings. The van der Waals surface area contributed by atoms with Gasteiger partial charge in [-0.2, -0.15) is 0 Å². The molecular formula is C8H9N3OS2. The van der Waals surface area contributed by atoms with E-state index in [2.05, 4.69) is 21.4 Å². The van der Waals surface area contributed by atoms with Gasteiger partial charge in [0.15, 0.2) is 4.34 Å². The van der Waals surface area contributed by atoms with Crippen molar-refractivity contribution in [3.8, 4) is 12.3 Å². The number of aromatic nitrogens is 2. The average Bonchev–Trinajstić information content (AvgIpc) is 2.62. The van der Waals surface area contributed by atoms with E-state index in [9.17, 15) is 4.79 Å². The second-order valence-electron chi connectivity index (χ2n) is 2.27. The van der Waals surface area contributed by atoms with Gasteiger partial charge in [-0.1, -0.05) is 35.9 Å². The van der Waals surface area contributed by atoms with Crippen LogP contribution in [0, 0.1) is 12.3 Å². The van der Waals surface area contributed by atoms with Crippen LogP contribution in [-0.2, 0) is 4.79 Å². The van der Waals surface area contributed by atoms with Crippen LogP contribution in [0.25, 0.3) is 0 Å². The fraction of sp³-hybridized carbons (Fsp3) is 0.375. The standard InChI is InChI=1S/C8H9N3OS2/c1-3-5-13-8-11-10-7(14-8)9-6(12)4-2/h1H,4-5H2,2H3,(H,9,10,12). The molecule has 74 valence electrons. The third kappa shape index (κ3) is 3.36. The summed E-state index contributed by atoms with van der Waals surface area (Å²) in [5, 5.41) is 10.8. The number of anilines is 1. The third-order valence-corrected chi connectivity index (χ3v) is 3.13. The summed E-state index contributed by atoms with van der Waals surface area (Å²) in [6, 6.07) is 0. The van der Waals surface area contributed by atoms with Crippen molar-refractivity contribution in [1.29, 1.82) is 0 Å². The van der Waals surface area contributed by atoms with Crippen molar-refractivity contribution in [2.45, 2.75) is 17.7 Å². The molecule has 0 aliphatic heterocycles. The van der Waals surface area contributed by atoms with Crippen molar-refractivity contribution in [2.24, 2.45) is 0 Å². The Morgan fingerprint density at radius 1 is 1.71 bits per heavy atom. The first-order valence-corrected chi connectivity index (χ1v) is 5.76. The van der Waals surface area contributed by atoms with Gasteiger partial charge < -0.3 is 5.32 Å². The molecule has 1 rings (SSSR count). The molecule has 1 heterocycles. The van der Waals surface area contributed by atoms with E-state index in [1.54, 1.807) is 6.92 Å². The van der Waals surface area contributed by atoms with Crippen LogP contribution in [0.1, 0.15) is 13.3 Å². The van der Waals surface area contributed by atoms with Crippen molar-refractivity contribution in [2.75, 3.05) is 11.1 Å². The molecule has 1 aromatic heterocycles. The molecule has 0 aliphatic rings. The predicted molar refractivity (Wildman–Crippen MR) is 58.4 cm³/mol. The van der Waals surface area contributed by atoms with E-state index in [-0.39, 0.29) is 5.91 Å². The van der Waals surface area contributed by atoms with Crippen molar-refractivity contribution in [3.05, 3.63) is 0 Å². The average molecular weight is 227 g/mol. The fourth-order valence-electron chi connectivity index (χ4n) is 0.630. The van der Waals surface area contributed by atoms with E-state index in [4.69, 9.17) is 6.42 Å². The SMILES string of the molecule is C#CCSc1nnc(NC(=O)CC)s1. The maximum Gasteiger partial charge on any atom is 0.225 e. The Kier molecular flexibility index (Phi) is 4.43. The molecular weight excluding hydrogens is 218 g/mol. The number of hydrogen-bond donors (Lipinski definition) is 1. The number of hydrogen-bond acceptors (Lipinski definition) is 5. The zero-order valence-electron chi connectivity index (χ0n) is 7.61. The Morgan fingerprint density at radius 2 is 2.50 bits per heavy atom. The highest BCUT2D eigenvalue weighted by Crippen LogP contribution is 2.24. The van der Waals surface area contributed by atoms with Gasteiger partial charge in [-0.05, 0) is 0 Å². The monoisotopic (exact) mass is 227 g/mol. The Labute approximate surface area is 90.5 Å². The molecule has 6 heteroatoms. The van der Waals surface area contributed by atoms with Gasteiger partial charge in [-0.15, -0.1) is 16.6 Å². The van der Waals surface area contributed by atoms with Gasteiger partial charge >= 0.3 is 0 Å². The highest BCUT2D eigenvalue weighted by atomic mass is 32.2. The summed E-state index contributed by atoms with van der Waals surface area (Å²) in [4.78, 5) is 11.0. The Bertz CT molecular complexity index is 356. The number of nitrogens with one attached hydrogen (secondary N) is 1. The van der Waals surface area contributed by atoms with Crippen molar-refractivity contribution in [1.82, 2.24) is 10.2 Å². The highest BCUT2D eigenvalue weighted by molar-refractivity contribution is 8.01. The number of terminal acetylenes is 1. The Hall–Kier alpha value is -1.06. The molecule has 0 bridgehead atoms. The lowest BCUT2D eigenvalue weighted by Gasteiger charge is -1.94. The predicted octanol–water partition coefficient (Wildman–Crippen LogP) is 1.61. The lowest BCUT2D eigenvalue weighted by atomic mass is 10.5. The molecule has 4 nitrogen and oxygen atoms in total. The van der Waals surface area contributed by atoms with Gasteiger partial charge in [0.05, 0.1) is 5.75 Å². The molecule has 0 aromatic carbocycles. The molecule has 0 saturated carbocycles. The number of thioether (sulfide) groups is 1. The van der Waals surface area contributed by atoms with E-state index in [1.807, 2.05) is 0 Å². The molecule has 0 fully saturated rings. The van der Waals surface area contributed by atoms with Gasteiger partial charge in [-0.25, -0.2) is 0 Å². The molecule has 0 unspecified atom stereocenters. The minimum absolute atomic E-state index is 0.0605. The number of carbonyl (C=O) groups excluding carboxylic acids is 1. The summed E-state index contributed by atoms with van der Waals surface area (Å²) < 4.78 is 0.773. The molecule has 1 N–H and O–H groups in total. The largest absolute Gasteiger partial charge is 0.301 e. The van der Waals surface area contributed by atoms with E-state index in [0.29, 0.717) is 17.3 Å². The minimum atomic E-state index is -0.0605. The summed E-state index contributed by atoms with van der Waals surface area (Å²) in [5.41, 5.74) is 0. The van der Waals surface area contributed by atoms with Crippen LogP contribution in [0.4, 0.5) is 5.13 Å². The summed E-state index contributed by atoms with van der Waals surface area (Å²) in [7, 11) is 0. The summed E-state index contributed by atoms with van der Waals surface area (Å²) in [6.45, 7) is 1.78. The van der Waals surface area contributed by atoms with Crippen LogP contribution in [0.3, 0.4) is 0 Å². The first-order valence-electron chi connectivity index (χ1n) is 3.96. The quantitative estimate of drug-likeness (QED) is 0.482. The number of rotatable bonds is 4. The lowest BCUT2D eigenvalue weighted by Crippen LogP contribution is -2.08. The van der Waals surface area contributed by atoms with Crippen LogP contribution in [0.5, 0.6) is 0 Å². The van der Waals surface area contributed by atoms with Gasteiger partial charge in [0.2, 0.25) is 11.0 Å². The zero-order valence-corrected chi connectivity index (χ0v) is 9.24. The first-order chi connectivity index (χ1) is 6.76. The number of nitrogens with zero attached hydrogens (tertiary/aromatic N) is 2. The van der Waals surface area contributed by atoms with E-state index >= 15 is 0 Å². The first kappa shape index (κ1) is 11.0. The number of carbonyl (C=O) groups is 1. The van der Waals surface area contributed by atoms with Gasteiger partial charge in [0.1, 0.15) is 0 Å². The normalized spacial score (nSPS) is 9.43. The summed E-state index contributed by atoms with van der Waals surface area (Å²) in [6.07, 6.45) is 5.54. The smallest absolute Gasteiger partial charge is 0.225 e. The number of amides is 1. The third-order valence-electron chi connectivity index (χ3n) is 1.25. The van der Waals surface area contributed by atoms with Gasteiger partial charge in [0.25, 0.3) is 0 Å². The van der Waals surface area contributed by atoms with E-state index < -0.39 is 0 Å². The second-order valence-corrected chi connectivity index (χ2v) is 4.47. The maximum atomic E-state index is 11.0. The molecule has 0 spiro atoms. The highest BCUT2D eigenvalue weighted by Gasteiger charge is 2.06. The molecule has 0 radical (unpaired) electrons. The molecule has 0 saturated heterocycles. The minimum Gasteiger partial charge on any atom is -0.301 e. The summed E-state index contributed by atoms with van der Waals surface area (Å²) >= 11 is 2.76. The van der Waals surface area contributed by atoms with Crippen LogP contribution < -0.4 is 5.32 Å². The molecule has 0 atom stereocenters. The van der Waals surface area contributed by atoms with Gasteiger partial charge in [0, 0.05) is 6.42 Å². The van der Waals surface area contributed by atoms with Crippen molar-refractivity contribution < 1.29 is 4.79 Å². The second kappa shape index (κ2) is 5.62. The summed E-state index contributed by atoms with van der Waals surface area (Å²) in [5.74, 6) is 3.00. The van der Waals surface area contributed by atoms with Crippen LogP contribution in [-0.4, -0.2) is 21.9 Å².